The summed E-state index contributed by atoms with van der Waals surface area (Å²) >= 11 is 7.15. The van der Waals surface area contributed by atoms with Gasteiger partial charge in [0.15, 0.2) is 0 Å². The Morgan fingerprint density at radius 2 is 1.79 bits per heavy atom. The van der Waals surface area contributed by atoms with Crippen molar-refractivity contribution >= 4 is 61.6 Å². The van der Waals surface area contributed by atoms with Gasteiger partial charge in [-0.1, -0.05) is 30.7 Å². The van der Waals surface area contributed by atoms with Crippen LogP contribution in [0.2, 0.25) is 5.02 Å². The number of thiophene rings is 1. The highest BCUT2D eigenvalue weighted by Gasteiger charge is 2.30. The summed E-state index contributed by atoms with van der Waals surface area (Å²) in [6, 6.07) is 11.8. The van der Waals surface area contributed by atoms with E-state index in [0.717, 1.165) is 23.3 Å². The highest BCUT2D eigenvalue weighted by atomic mass is 35.5. The molecular weight excluding hydrogens is 550 g/mol. The average molecular weight is 576 g/mol. The minimum absolute atomic E-state index is 0.0184. The van der Waals surface area contributed by atoms with Gasteiger partial charge in [-0.05, 0) is 74.1 Å². The zero-order valence-corrected chi connectivity index (χ0v) is 23.1. The molecule has 12 heteroatoms. The largest absolute Gasteiger partial charge is 0.450 e. The molecule has 2 aromatic carbocycles. The Morgan fingerprint density at radius 3 is 2.50 bits per heavy atom. The summed E-state index contributed by atoms with van der Waals surface area (Å²) in [5, 5.41) is 5.66. The Kier molecular flexibility index (Phi) is 8.39. The van der Waals surface area contributed by atoms with Crippen molar-refractivity contribution in [3.63, 3.8) is 0 Å². The van der Waals surface area contributed by atoms with Gasteiger partial charge in [-0.2, -0.15) is 0 Å². The Balaban J connectivity index is 1.64. The Hall–Kier alpha value is -3.41. The molecule has 3 amide bonds. The van der Waals surface area contributed by atoms with Gasteiger partial charge < -0.3 is 10.1 Å². The lowest BCUT2D eigenvalue weighted by Crippen LogP contribution is -2.32. The molecule has 0 fully saturated rings. The smallest absolute Gasteiger partial charge is 0.414 e. The van der Waals surface area contributed by atoms with E-state index in [9.17, 15) is 22.8 Å². The monoisotopic (exact) mass is 575 g/mol. The molecule has 9 nitrogen and oxygen atoms in total. The van der Waals surface area contributed by atoms with Gasteiger partial charge in [0.25, 0.3) is 21.8 Å². The van der Waals surface area contributed by atoms with E-state index in [0.29, 0.717) is 17.4 Å². The number of nitrogens with one attached hydrogen (secondary N) is 3. The first kappa shape index (κ1) is 27.6. The molecule has 0 radical (unpaired) electrons. The number of ether oxygens (including phenoxy) is 1. The molecule has 1 atom stereocenters. The molecule has 1 aromatic heterocycles. The summed E-state index contributed by atoms with van der Waals surface area (Å²) in [7, 11) is -4.01. The van der Waals surface area contributed by atoms with E-state index in [4.69, 9.17) is 16.3 Å². The number of alkyl carbamates (subject to hydrolysis) is 1. The molecule has 4 rings (SSSR count). The molecule has 0 saturated carbocycles. The predicted octanol–water partition coefficient (Wildman–Crippen LogP) is 5.47. The number of fused-ring (bicyclic) bond motifs is 1. The van der Waals surface area contributed by atoms with Crippen LogP contribution in [0.1, 0.15) is 51.4 Å². The molecule has 200 valence electrons. The lowest BCUT2D eigenvalue weighted by Gasteiger charge is -2.18. The molecule has 0 spiro atoms. The van der Waals surface area contributed by atoms with Crippen LogP contribution in [0.25, 0.3) is 0 Å². The van der Waals surface area contributed by atoms with Crippen molar-refractivity contribution in [2.75, 3.05) is 16.6 Å². The summed E-state index contributed by atoms with van der Waals surface area (Å²) in [5.74, 6) is -0.868. The van der Waals surface area contributed by atoms with E-state index in [1.54, 1.807) is 19.1 Å². The third-order valence-electron chi connectivity index (χ3n) is 6.00. The number of amides is 3. The Morgan fingerprint density at radius 1 is 1.08 bits per heavy atom. The Labute approximate surface area is 229 Å². The minimum Gasteiger partial charge on any atom is -0.450 e. The van der Waals surface area contributed by atoms with Crippen LogP contribution in [-0.4, -0.2) is 32.9 Å². The fourth-order valence-corrected chi connectivity index (χ4v) is 6.77. The van der Waals surface area contributed by atoms with Crippen molar-refractivity contribution in [3.8, 4) is 0 Å². The molecule has 1 aliphatic rings. The quantitative estimate of drug-likeness (QED) is 0.342. The van der Waals surface area contributed by atoms with Gasteiger partial charge in [0.05, 0.1) is 28.3 Å². The molecule has 0 saturated heterocycles. The first-order valence-corrected chi connectivity index (χ1v) is 14.6. The fraction of sp³-hybridized carbons (Fsp3) is 0.269. The number of hydrogen-bond acceptors (Lipinski definition) is 7. The third kappa shape index (κ3) is 6.17. The van der Waals surface area contributed by atoms with E-state index in [2.05, 4.69) is 22.3 Å². The summed E-state index contributed by atoms with van der Waals surface area (Å²) in [4.78, 5) is 39.3. The topological polar surface area (TPSA) is 131 Å². The van der Waals surface area contributed by atoms with Crippen LogP contribution in [0.3, 0.4) is 0 Å². The number of benzene rings is 2. The molecule has 0 aliphatic heterocycles. The van der Waals surface area contributed by atoms with Gasteiger partial charge in [-0.3, -0.25) is 19.6 Å². The van der Waals surface area contributed by atoms with Crippen LogP contribution in [0.4, 0.5) is 15.5 Å². The standard InChI is InChI=1S/C26H26ClN3O6S2/c1-3-36-26(33)29-24(32)22-19-13-8-15(2)14-21(19)37-25(22)28-23(31)18-6-4-5-7-20(18)30-38(34,35)17-11-9-16(27)10-12-17/h4-7,9-12,15,30H,3,8,13-14H2,1-2H3,(H,28,31)(H,29,32,33). The number of hydrogen-bond donors (Lipinski definition) is 3. The summed E-state index contributed by atoms with van der Waals surface area (Å²) in [6.45, 7) is 3.84. The summed E-state index contributed by atoms with van der Waals surface area (Å²) < 4.78 is 33.1. The van der Waals surface area contributed by atoms with Gasteiger partial charge in [-0.25, -0.2) is 13.2 Å². The van der Waals surface area contributed by atoms with E-state index in [-0.39, 0.29) is 33.3 Å². The number of para-hydroxylation sites is 1. The normalized spacial score (nSPS) is 14.8. The number of sulfonamides is 1. The maximum absolute atomic E-state index is 13.4. The third-order valence-corrected chi connectivity index (χ3v) is 8.80. The van der Waals surface area contributed by atoms with Crippen molar-refractivity contribution in [3.05, 3.63) is 75.1 Å². The number of anilines is 2. The Bertz CT molecular complexity index is 1490. The second kappa shape index (κ2) is 11.5. The maximum Gasteiger partial charge on any atom is 0.414 e. The molecule has 1 heterocycles. The number of carbonyl (C=O) groups is 3. The van der Waals surface area contributed by atoms with Crippen molar-refractivity contribution in [1.82, 2.24) is 5.32 Å². The molecule has 38 heavy (non-hydrogen) atoms. The van der Waals surface area contributed by atoms with Crippen molar-refractivity contribution in [1.29, 1.82) is 0 Å². The van der Waals surface area contributed by atoms with E-state index in [1.165, 1.54) is 47.7 Å². The van der Waals surface area contributed by atoms with Gasteiger partial charge in [0, 0.05) is 9.90 Å². The van der Waals surface area contributed by atoms with Crippen molar-refractivity contribution in [2.45, 2.75) is 38.0 Å². The molecular formula is C26H26ClN3O6S2. The van der Waals surface area contributed by atoms with Crippen LogP contribution in [-0.2, 0) is 27.6 Å². The predicted molar refractivity (Wildman–Crippen MR) is 147 cm³/mol. The zero-order valence-electron chi connectivity index (χ0n) is 20.7. The fourth-order valence-electron chi connectivity index (χ4n) is 4.16. The number of rotatable bonds is 7. The number of halogens is 1. The van der Waals surface area contributed by atoms with Gasteiger partial charge in [0.2, 0.25) is 0 Å². The summed E-state index contributed by atoms with van der Waals surface area (Å²) in [5.41, 5.74) is 1.13. The van der Waals surface area contributed by atoms with Crippen LogP contribution < -0.4 is 15.4 Å². The van der Waals surface area contributed by atoms with Gasteiger partial charge in [0.1, 0.15) is 5.00 Å². The minimum atomic E-state index is -4.01. The van der Waals surface area contributed by atoms with Crippen LogP contribution in [0.15, 0.2) is 53.4 Å². The zero-order chi connectivity index (χ0) is 27.4. The molecule has 3 aromatic rings. The van der Waals surface area contributed by atoms with E-state index < -0.39 is 27.9 Å². The second-order valence-corrected chi connectivity index (χ2v) is 12.0. The molecule has 3 N–H and O–H groups in total. The second-order valence-electron chi connectivity index (χ2n) is 8.79. The average Bonchev–Trinajstić information content (AvgIpc) is 3.21. The highest BCUT2D eigenvalue weighted by molar-refractivity contribution is 7.92. The number of imide groups is 1. The van der Waals surface area contributed by atoms with E-state index >= 15 is 0 Å². The van der Waals surface area contributed by atoms with Crippen LogP contribution in [0.5, 0.6) is 0 Å². The summed E-state index contributed by atoms with van der Waals surface area (Å²) in [6.07, 6.45) is 1.37. The van der Waals surface area contributed by atoms with Gasteiger partial charge in [-0.15, -0.1) is 11.3 Å². The molecule has 1 unspecified atom stereocenters. The first-order valence-electron chi connectivity index (χ1n) is 11.9. The van der Waals surface area contributed by atoms with Crippen LogP contribution in [0, 0.1) is 5.92 Å². The van der Waals surface area contributed by atoms with Gasteiger partial charge >= 0.3 is 6.09 Å². The lowest BCUT2D eigenvalue weighted by molar-refractivity contribution is 0.0925. The number of carbonyl (C=O) groups excluding carboxylic acids is 3. The maximum atomic E-state index is 13.4. The van der Waals surface area contributed by atoms with Crippen LogP contribution >= 0.6 is 22.9 Å². The van der Waals surface area contributed by atoms with Crippen molar-refractivity contribution in [2.24, 2.45) is 5.92 Å². The SMILES string of the molecule is CCOC(=O)NC(=O)c1c(NC(=O)c2ccccc2NS(=O)(=O)c2ccc(Cl)cc2)sc2c1CCC(C)C2. The van der Waals surface area contributed by atoms with Crippen molar-refractivity contribution < 1.29 is 27.5 Å². The lowest BCUT2D eigenvalue weighted by atomic mass is 9.88. The van der Waals surface area contributed by atoms with E-state index in [1.807, 2.05) is 0 Å². The molecule has 0 bridgehead atoms. The first-order chi connectivity index (χ1) is 18.1. The molecule has 1 aliphatic carbocycles. The highest BCUT2D eigenvalue weighted by Crippen LogP contribution is 2.40.